The van der Waals surface area contributed by atoms with Crippen molar-refractivity contribution in [1.82, 2.24) is 10.3 Å². The molecule has 1 atom stereocenters. The zero-order valence-corrected chi connectivity index (χ0v) is 22.0. The van der Waals surface area contributed by atoms with Gasteiger partial charge in [0.25, 0.3) is 11.8 Å². The molecule has 202 valence electrons. The minimum atomic E-state index is -1.25. The first kappa shape index (κ1) is 27.3. The number of carbonyl (C=O) groups is 3. The van der Waals surface area contributed by atoms with E-state index in [2.05, 4.69) is 29.5 Å². The zero-order chi connectivity index (χ0) is 28.3. The number of aromatic nitrogens is 1. The van der Waals surface area contributed by atoms with Gasteiger partial charge in [0.2, 0.25) is 5.88 Å². The smallest absolute Gasteiger partial charge is 0.336 e. The number of carboxylic acid groups (broad SMARTS) is 1. The standard InChI is InChI=1S/C29H31N5O5/c1-29(2)14-4-5-22(29)33-26(35)17-8-11-19(21(15-17)28(37)38)20-12-13-23(39-3)34-24(20)27(36)32-18-9-6-16(7-10-18)25(30)31/h6-13,15,22H,4-5,14H2,1-3H3,(H3,30,31)(H,32,36)(H,33,35)(H,37,38). The van der Waals surface area contributed by atoms with Crippen molar-refractivity contribution in [2.45, 2.75) is 39.2 Å². The van der Waals surface area contributed by atoms with Crippen LogP contribution in [0.4, 0.5) is 5.69 Å². The summed E-state index contributed by atoms with van der Waals surface area (Å²) in [5, 5.41) is 23.3. The SMILES string of the molecule is COc1ccc(-c2ccc(C(=O)NC3CCCC3(C)C)cc2C(=O)O)c(C(=O)Nc2ccc(C(=N)N)cc2)n1. The van der Waals surface area contributed by atoms with Gasteiger partial charge in [0, 0.05) is 34.5 Å². The molecule has 10 nitrogen and oxygen atoms in total. The molecule has 1 unspecified atom stereocenters. The van der Waals surface area contributed by atoms with Crippen molar-refractivity contribution in [1.29, 1.82) is 5.41 Å². The van der Waals surface area contributed by atoms with Gasteiger partial charge in [-0.15, -0.1) is 0 Å². The highest BCUT2D eigenvalue weighted by Crippen LogP contribution is 2.37. The third kappa shape index (κ3) is 5.90. The van der Waals surface area contributed by atoms with Crippen molar-refractivity contribution in [3.63, 3.8) is 0 Å². The number of methoxy groups -OCH3 is 1. The zero-order valence-electron chi connectivity index (χ0n) is 22.0. The molecule has 39 heavy (non-hydrogen) atoms. The van der Waals surface area contributed by atoms with Crippen LogP contribution in [0.2, 0.25) is 0 Å². The Labute approximate surface area is 226 Å². The number of ether oxygens (including phenoxy) is 1. The molecule has 0 aliphatic heterocycles. The largest absolute Gasteiger partial charge is 0.481 e. The first-order valence-electron chi connectivity index (χ1n) is 12.5. The van der Waals surface area contributed by atoms with Gasteiger partial charge in [0.15, 0.2) is 0 Å². The highest BCUT2D eigenvalue weighted by Gasteiger charge is 2.35. The number of amidine groups is 1. The van der Waals surface area contributed by atoms with Gasteiger partial charge in [-0.25, -0.2) is 9.78 Å². The van der Waals surface area contributed by atoms with Gasteiger partial charge in [0.1, 0.15) is 11.5 Å². The first-order valence-corrected chi connectivity index (χ1v) is 12.5. The van der Waals surface area contributed by atoms with E-state index < -0.39 is 11.9 Å². The fraction of sp³-hybridized carbons (Fsp3) is 0.276. The predicted molar refractivity (Wildman–Crippen MR) is 147 cm³/mol. The molecular weight excluding hydrogens is 498 g/mol. The van der Waals surface area contributed by atoms with Crippen LogP contribution < -0.4 is 21.1 Å². The molecule has 3 aromatic rings. The van der Waals surface area contributed by atoms with Crippen LogP contribution in [0.25, 0.3) is 11.1 Å². The molecule has 1 aliphatic rings. The Hall–Kier alpha value is -4.73. The van der Waals surface area contributed by atoms with Gasteiger partial charge >= 0.3 is 5.97 Å². The highest BCUT2D eigenvalue weighted by atomic mass is 16.5. The maximum Gasteiger partial charge on any atom is 0.336 e. The monoisotopic (exact) mass is 529 g/mol. The number of nitrogens with two attached hydrogens (primary N) is 1. The summed E-state index contributed by atoms with van der Waals surface area (Å²) in [4.78, 5) is 42.9. The van der Waals surface area contributed by atoms with E-state index in [1.165, 1.54) is 25.3 Å². The van der Waals surface area contributed by atoms with Crippen LogP contribution in [0.3, 0.4) is 0 Å². The van der Waals surface area contributed by atoms with E-state index in [4.69, 9.17) is 15.9 Å². The van der Waals surface area contributed by atoms with Crippen LogP contribution >= 0.6 is 0 Å². The van der Waals surface area contributed by atoms with Gasteiger partial charge in [-0.05, 0) is 66.3 Å². The topological polar surface area (TPSA) is 167 Å². The second kappa shape index (κ2) is 10.9. The number of nitrogens with zero attached hydrogens (tertiary/aromatic N) is 1. The number of carbonyl (C=O) groups excluding carboxylic acids is 2. The third-order valence-electron chi connectivity index (χ3n) is 7.11. The van der Waals surface area contributed by atoms with Crippen LogP contribution in [0.15, 0.2) is 54.6 Å². The summed E-state index contributed by atoms with van der Waals surface area (Å²) in [7, 11) is 1.41. The van der Waals surface area contributed by atoms with Gasteiger partial charge in [0.05, 0.1) is 12.7 Å². The number of carboxylic acids is 1. The van der Waals surface area contributed by atoms with Gasteiger partial charge < -0.3 is 26.2 Å². The lowest BCUT2D eigenvalue weighted by Crippen LogP contribution is -2.41. The Morgan fingerprint density at radius 2 is 1.69 bits per heavy atom. The fourth-order valence-electron chi connectivity index (χ4n) is 4.80. The molecule has 6 N–H and O–H groups in total. The van der Waals surface area contributed by atoms with E-state index in [9.17, 15) is 19.5 Å². The minimum Gasteiger partial charge on any atom is -0.481 e. The molecule has 4 rings (SSSR count). The van der Waals surface area contributed by atoms with Crippen LogP contribution in [0.1, 0.15) is 69.9 Å². The summed E-state index contributed by atoms with van der Waals surface area (Å²) in [5.41, 5.74) is 6.90. The van der Waals surface area contributed by atoms with Crippen molar-refractivity contribution >= 4 is 29.3 Å². The van der Waals surface area contributed by atoms with Crippen molar-refractivity contribution in [3.05, 3.63) is 77.0 Å². The number of anilines is 1. The van der Waals surface area contributed by atoms with E-state index in [-0.39, 0.29) is 57.0 Å². The fourth-order valence-corrected chi connectivity index (χ4v) is 4.80. The average molecular weight is 530 g/mol. The van der Waals surface area contributed by atoms with Crippen molar-refractivity contribution < 1.29 is 24.2 Å². The van der Waals surface area contributed by atoms with Gasteiger partial charge in [-0.3, -0.25) is 15.0 Å². The van der Waals surface area contributed by atoms with Crippen molar-refractivity contribution in [3.8, 4) is 17.0 Å². The van der Waals surface area contributed by atoms with Crippen LogP contribution in [0, 0.1) is 10.8 Å². The Kier molecular flexibility index (Phi) is 7.66. The van der Waals surface area contributed by atoms with Crippen molar-refractivity contribution in [2.24, 2.45) is 11.1 Å². The van der Waals surface area contributed by atoms with Gasteiger partial charge in [-0.1, -0.05) is 26.3 Å². The van der Waals surface area contributed by atoms with Crippen LogP contribution in [0.5, 0.6) is 5.88 Å². The van der Waals surface area contributed by atoms with E-state index in [0.29, 0.717) is 11.3 Å². The molecule has 2 amide bonds. The molecule has 2 aromatic carbocycles. The number of nitrogens with one attached hydrogen (secondary N) is 3. The number of aromatic carboxylic acids is 1. The lowest BCUT2D eigenvalue weighted by atomic mass is 9.87. The van der Waals surface area contributed by atoms with E-state index in [1.807, 2.05) is 0 Å². The second-order valence-corrected chi connectivity index (χ2v) is 10.2. The number of benzene rings is 2. The molecule has 0 bridgehead atoms. The number of pyridine rings is 1. The summed E-state index contributed by atoms with van der Waals surface area (Å²) in [5.74, 6) is -2.12. The molecule has 0 radical (unpaired) electrons. The van der Waals surface area contributed by atoms with Gasteiger partial charge in [-0.2, -0.15) is 0 Å². The number of nitrogen functional groups attached to an aromatic ring is 1. The molecule has 0 saturated heterocycles. The lowest BCUT2D eigenvalue weighted by molar-refractivity contribution is 0.0697. The number of hydrogen-bond donors (Lipinski definition) is 5. The quantitative estimate of drug-likeness (QED) is 0.214. The minimum absolute atomic E-state index is 0.00329. The van der Waals surface area contributed by atoms with Crippen LogP contribution in [-0.4, -0.2) is 46.9 Å². The normalized spacial score (nSPS) is 15.8. The first-order chi connectivity index (χ1) is 18.5. The summed E-state index contributed by atoms with van der Waals surface area (Å²) in [6.45, 7) is 4.22. The maximum absolute atomic E-state index is 13.3. The van der Waals surface area contributed by atoms with E-state index >= 15 is 0 Å². The molecule has 0 spiro atoms. The molecule has 1 heterocycles. The maximum atomic E-state index is 13.3. The Bertz CT molecular complexity index is 1450. The van der Waals surface area contributed by atoms with E-state index in [0.717, 1.165) is 19.3 Å². The number of rotatable bonds is 8. The molecular formula is C29H31N5O5. The molecule has 10 heteroatoms. The number of amides is 2. The molecule has 1 fully saturated rings. The summed E-state index contributed by atoms with van der Waals surface area (Å²) in [6, 6.07) is 13.8. The highest BCUT2D eigenvalue weighted by molar-refractivity contribution is 6.10. The second-order valence-electron chi connectivity index (χ2n) is 10.2. The Balaban J connectivity index is 1.68. The van der Waals surface area contributed by atoms with Crippen LogP contribution in [-0.2, 0) is 0 Å². The Morgan fingerprint density at radius 3 is 2.28 bits per heavy atom. The lowest BCUT2D eigenvalue weighted by Gasteiger charge is -2.27. The third-order valence-corrected chi connectivity index (χ3v) is 7.11. The summed E-state index contributed by atoms with van der Waals surface area (Å²) in [6.07, 6.45) is 2.90. The summed E-state index contributed by atoms with van der Waals surface area (Å²) >= 11 is 0. The summed E-state index contributed by atoms with van der Waals surface area (Å²) < 4.78 is 5.20. The average Bonchev–Trinajstić information content (AvgIpc) is 3.25. The molecule has 1 aromatic heterocycles. The Morgan fingerprint density at radius 1 is 1.03 bits per heavy atom. The van der Waals surface area contributed by atoms with Crippen molar-refractivity contribution in [2.75, 3.05) is 12.4 Å². The molecule has 1 aliphatic carbocycles. The van der Waals surface area contributed by atoms with E-state index in [1.54, 1.807) is 36.4 Å². The molecule has 1 saturated carbocycles. The number of hydrogen-bond acceptors (Lipinski definition) is 6. The predicted octanol–water partition coefficient (Wildman–Crippen LogP) is 4.30.